The first-order valence-electron chi connectivity index (χ1n) is 1.70. The van der Waals surface area contributed by atoms with E-state index in [0.717, 1.165) is 0 Å². The predicted molar refractivity (Wildman–Crippen MR) is 18.0 cm³/mol. The summed E-state index contributed by atoms with van der Waals surface area (Å²) in [4.78, 5) is 0. The molecule has 0 rings (SSSR count). The topological polar surface area (TPSA) is 20.2 Å². The van der Waals surface area contributed by atoms with Crippen LogP contribution in [0.4, 0.5) is 13.2 Å². The molecule has 0 bridgehead atoms. The third-order valence-corrected chi connectivity index (χ3v) is 0.446. The summed E-state index contributed by atoms with van der Waals surface area (Å²) < 4.78 is 33.2. The molecule has 7 heavy (non-hydrogen) atoms. The van der Waals surface area contributed by atoms with Crippen molar-refractivity contribution in [2.45, 2.75) is 12.5 Å². The number of aliphatic hydroxyl groups excluding tert-OH is 1. The maximum Gasteiger partial charge on any atom is 0.230 e. The van der Waals surface area contributed by atoms with Crippen molar-refractivity contribution in [1.82, 2.24) is 0 Å². The van der Waals surface area contributed by atoms with Crippen LogP contribution in [0.1, 0.15) is 0 Å². The normalized spacial score (nSPS) is 18.9. The fraction of sp³-hybridized carbons (Fsp3) is 1.00. The van der Waals surface area contributed by atoms with Crippen molar-refractivity contribution in [3.63, 3.8) is 0 Å². The van der Waals surface area contributed by atoms with E-state index in [4.69, 9.17) is 5.11 Å². The van der Waals surface area contributed by atoms with Crippen LogP contribution in [0.25, 0.3) is 0 Å². The lowest BCUT2D eigenvalue weighted by molar-refractivity contribution is -0.0350. The van der Waals surface area contributed by atoms with Crippen LogP contribution in [0.3, 0.4) is 0 Å². The van der Waals surface area contributed by atoms with Crippen LogP contribution in [-0.2, 0) is 0 Å². The highest BCUT2D eigenvalue weighted by Crippen LogP contribution is 1.99. The van der Waals surface area contributed by atoms with Crippen LogP contribution < -0.4 is 0 Å². The molecule has 1 nitrogen and oxygen atoms in total. The number of rotatable bonds is 2. The van der Waals surface area contributed by atoms with Crippen molar-refractivity contribution < 1.29 is 18.3 Å². The van der Waals surface area contributed by atoms with Crippen molar-refractivity contribution in [2.75, 3.05) is 6.67 Å². The zero-order valence-corrected chi connectivity index (χ0v) is 3.44. The Hall–Kier alpha value is -0.250. The molecule has 2 atom stereocenters. The van der Waals surface area contributed by atoms with E-state index in [1.165, 1.54) is 0 Å². The van der Waals surface area contributed by atoms with Gasteiger partial charge in [0.25, 0.3) is 0 Å². The monoisotopic (exact) mass is 114 g/mol. The van der Waals surface area contributed by atoms with Gasteiger partial charge in [0, 0.05) is 0 Å². The van der Waals surface area contributed by atoms with Gasteiger partial charge >= 0.3 is 0 Å². The average Bonchev–Trinajstić information content (AvgIpc) is 1.65. The Kier molecular flexibility index (Phi) is 2.75. The average molecular weight is 114 g/mol. The molecule has 0 aromatic carbocycles. The second-order valence-electron chi connectivity index (χ2n) is 1.04. The summed E-state index contributed by atoms with van der Waals surface area (Å²) >= 11 is 0. The molecular weight excluding hydrogens is 109 g/mol. The molecule has 0 fully saturated rings. The highest BCUT2D eigenvalue weighted by molar-refractivity contribution is 4.52. The molecule has 1 unspecified atom stereocenters. The molecule has 0 saturated carbocycles. The second kappa shape index (κ2) is 2.85. The minimum Gasteiger partial charge on any atom is -0.362 e. The summed E-state index contributed by atoms with van der Waals surface area (Å²) in [6.07, 6.45) is -5.05. The minimum atomic E-state index is -2.68. The lowest BCUT2D eigenvalue weighted by atomic mass is 10.4. The van der Waals surface area contributed by atoms with E-state index in [2.05, 4.69) is 0 Å². The first kappa shape index (κ1) is 6.75. The van der Waals surface area contributed by atoms with Gasteiger partial charge < -0.3 is 5.11 Å². The van der Waals surface area contributed by atoms with Gasteiger partial charge in [-0.25, -0.2) is 13.2 Å². The van der Waals surface area contributed by atoms with Crippen molar-refractivity contribution >= 4 is 0 Å². The highest BCUT2D eigenvalue weighted by Gasteiger charge is 2.15. The van der Waals surface area contributed by atoms with E-state index >= 15 is 0 Å². The van der Waals surface area contributed by atoms with E-state index in [0.29, 0.717) is 0 Å². The molecule has 44 valence electrons. The molecule has 4 heteroatoms. The Morgan fingerprint density at radius 3 is 1.86 bits per heavy atom. The summed E-state index contributed by atoms with van der Waals surface area (Å²) in [7, 11) is 0. The van der Waals surface area contributed by atoms with Gasteiger partial charge in [0.1, 0.15) is 6.67 Å². The van der Waals surface area contributed by atoms with Gasteiger partial charge in [-0.05, 0) is 0 Å². The summed E-state index contributed by atoms with van der Waals surface area (Å²) in [6, 6.07) is 0. The van der Waals surface area contributed by atoms with E-state index < -0.39 is 19.2 Å². The Balaban J connectivity index is 3.14. The van der Waals surface area contributed by atoms with Gasteiger partial charge in [0.15, 0.2) is 6.17 Å². The fourth-order valence-electron chi connectivity index (χ4n) is 0.0735. The third-order valence-electron chi connectivity index (χ3n) is 0.446. The van der Waals surface area contributed by atoms with E-state index in [-0.39, 0.29) is 0 Å². The second-order valence-corrected chi connectivity index (χ2v) is 1.04. The van der Waals surface area contributed by atoms with Gasteiger partial charge in [-0.3, -0.25) is 0 Å². The van der Waals surface area contributed by atoms with Crippen LogP contribution in [0, 0.1) is 0 Å². The quantitative estimate of drug-likeness (QED) is 0.556. The van der Waals surface area contributed by atoms with E-state index in [9.17, 15) is 13.2 Å². The molecule has 0 saturated heterocycles. The van der Waals surface area contributed by atoms with Crippen LogP contribution in [0.15, 0.2) is 0 Å². The van der Waals surface area contributed by atoms with Crippen molar-refractivity contribution in [1.29, 1.82) is 0 Å². The predicted octanol–water partition coefficient (Wildman–Crippen LogP) is 0.582. The summed E-state index contributed by atoms with van der Waals surface area (Å²) in [6.45, 7) is -1.47. The first-order valence-corrected chi connectivity index (χ1v) is 1.70. The Bertz CT molecular complexity index is 47.4. The maximum absolute atomic E-state index is 11.3. The fourth-order valence-corrected chi connectivity index (χ4v) is 0.0735. The molecule has 0 amide bonds. The molecule has 0 radical (unpaired) electrons. The number of alkyl halides is 3. The standard InChI is InChI=1S/C3H5F3O/c4-1-2(5)3(6)7/h2-3,7H,1H2/t2?,3-/m1/s1. The summed E-state index contributed by atoms with van der Waals surface area (Å²) in [5.41, 5.74) is 0. The first-order chi connectivity index (χ1) is 3.18. The molecule has 0 aromatic rings. The zero-order chi connectivity index (χ0) is 5.86. The molecule has 1 N–H and O–H groups in total. The third kappa shape index (κ3) is 2.45. The largest absolute Gasteiger partial charge is 0.362 e. The van der Waals surface area contributed by atoms with Gasteiger partial charge in [-0.15, -0.1) is 0 Å². The van der Waals surface area contributed by atoms with Crippen molar-refractivity contribution in [2.24, 2.45) is 0 Å². The van der Waals surface area contributed by atoms with Crippen LogP contribution >= 0.6 is 0 Å². The van der Waals surface area contributed by atoms with Crippen molar-refractivity contribution in [3.8, 4) is 0 Å². The molecule has 0 aliphatic heterocycles. The Morgan fingerprint density at radius 1 is 1.43 bits per heavy atom. The minimum absolute atomic E-state index is 1.47. The molecule has 0 heterocycles. The lowest BCUT2D eigenvalue weighted by Gasteiger charge is -1.99. The highest BCUT2D eigenvalue weighted by atomic mass is 19.2. The van der Waals surface area contributed by atoms with Gasteiger partial charge in [0.2, 0.25) is 6.36 Å². The maximum atomic E-state index is 11.3. The molecule has 0 aliphatic carbocycles. The molecular formula is C3H5F3O. The summed E-state index contributed by atoms with van der Waals surface area (Å²) in [5.74, 6) is 0. The van der Waals surface area contributed by atoms with Gasteiger partial charge in [-0.2, -0.15) is 0 Å². The molecule has 0 spiro atoms. The SMILES string of the molecule is O[C@@H](F)C(F)CF. The van der Waals surface area contributed by atoms with E-state index in [1.54, 1.807) is 0 Å². The number of hydrogen-bond donors (Lipinski definition) is 1. The van der Waals surface area contributed by atoms with Crippen LogP contribution in [-0.4, -0.2) is 24.3 Å². The Morgan fingerprint density at radius 2 is 1.86 bits per heavy atom. The number of hydrogen-bond acceptors (Lipinski definition) is 1. The number of halogens is 3. The Labute approximate surface area is 38.8 Å². The van der Waals surface area contributed by atoms with Crippen molar-refractivity contribution in [3.05, 3.63) is 0 Å². The molecule has 0 aromatic heterocycles. The smallest absolute Gasteiger partial charge is 0.230 e. The number of aliphatic hydroxyl groups is 1. The van der Waals surface area contributed by atoms with Crippen LogP contribution in [0.2, 0.25) is 0 Å². The molecule has 0 aliphatic rings. The lowest BCUT2D eigenvalue weighted by Crippen LogP contribution is -2.17. The van der Waals surface area contributed by atoms with E-state index in [1.807, 2.05) is 0 Å². The van der Waals surface area contributed by atoms with Crippen LogP contribution in [0.5, 0.6) is 0 Å². The zero-order valence-electron chi connectivity index (χ0n) is 3.44. The summed E-state index contributed by atoms with van der Waals surface area (Å²) in [5, 5.41) is 7.54. The van der Waals surface area contributed by atoms with Gasteiger partial charge in [0.05, 0.1) is 0 Å². The van der Waals surface area contributed by atoms with Gasteiger partial charge in [-0.1, -0.05) is 0 Å².